The molecule has 3 aromatic carbocycles. The van der Waals surface area contributed by atoms with E-state index < -0.39 is 5.56 Å². The lowest BCUT2D eigenvalue weighted by atomic mass is 10.1. The molecule has 10 heteroatoms. The van der Waals surface area contributed by atoms with E-state index in [1.54, 1.807) is 18.2 Å². The Morgan fingerprint density at radius 2 is 1.85 bits per heavy atom. The summed E-state index contributed by atoms with van der Waals surface area (Å²) >= 11 is 13.3. The number of amides is 1. The summed E-state index contributed by atoms with van der Waals surface area (Å²) in [6.45, 7) is 1.98. The Balaban J connectivity index is 1.33. The number of nitrogens with zero attached hydrogens (tertiary/aromatic N) is 3. The van der Waals surface area contributed by atoms with Gasteiger partial charge in [-0.1, -0.05) is 59.2 Å². The first-order chi connectivity index (χ1) is 18.9. The number of carbonyl (C=O) groups is 1. The number of benzene rings is 3. The van der Waals surface area contributed by atoms with Crippen LogP contribution in [0.3, 0.4) is 0 Å². The van der Waals surface area contributed by atoms with Gasteiger partial charge in [0.05, 0.1) is 15.7 Å². The molecule has 1 amide bonds. The van der Waals surface area contributed by atoms with E-state index in [1.807, 2.05) is 48.5 Å². The average Bonchev–Trinajstić information content (AvgIpc) is 3.49. The Bertz CT molecular complexity index is 1640. The van der Waals surface area contributed by atoms with Gasteiger partial charge in [0, 0.05) is 41.3 Å². The van der Waals surface area contributed by atoms with Crippen molar-refractivity contribution in [3.05, 3.63) is 104 Å². The zero-order chi connectivity index (χ0) is 27.4. The van der Waals surface area contributed by atoms with Gasteiger partial charge in [0.1, 0.15) is 11.6 Å². The van der Waals surface area contributed by atoms with Crippen molar-refractivity contribution in [2.75, 3.05) is 23.3 Å². The minimum atomic E-state index is -0.473. The first kappa shape index (κ1) is 26.8. The van der Waals surface area contributed by atoms with E-state index in [-0.39, 0.29) is 11.5 Å². The highest BCUT2D eigenvalue weighted by atomic mass is 35.5. The van der Waals surface area contributed by atoms with Gasteiger partial charge in [-0.05, 0) is 60.9 Å². The second-order valence-corrected chi connectivity index (χ2v) is 10.8. The molecule has 1 saturated heterocycles. The number of anilines is 2. The van der Waals surface area contributed by atoms with Crippen molar-refractivity contribution >= 4 is 52.2 Å². The summed E-state index contributed by atoms with van der Waals surface area (Å²) in [5.74, 6) is 0.177. The third-order valence-electron chi connectivity index (χ3n) is 6.34. The third-order valence-corrected chi connectivity index (χ3v) is 8.03. The van der Waals surface area contributed by atoms with Gasteiger partial charge >= 0.3 is 0 Å². The number of halogens is 2. The predicted molar refractivity (Wildman–Crippen MR) is 157 cm³/mol. The van der Waals surface area contributed by atoms with Crippen molar-refractivity contribution in [1.29, 1.82) is 5.26 Å². The van der Waals surface area contributed by atoms with Crippen molar-refractivity contribution in [2.24, 2.45) is 0 Å². The number of H-pyrrole nitrogens is 1. The zero-order valence-electron chi connectivity index (χ0n) is 20.7. The number of aromatic nitrogens is 2. The maximum Gasteiger partial charge on any atom is 0.270 e. The lowest BCUT2D eigenvalue weighted by Gasteiger charge is -2.18. The van der Waals surface area contributed by atoms with Crippen LogP contribution in [0.15, 0.2) is 76.7 Å². The molecule has 0 aliphatic carbocycles. The Morgan fingerprint density at radius 3 is 2.62 bits per heavy atom. The van der Waals surface area contributed by atoms with E-state index >= 15 is 0 Å². The summed E-state index contributed by atoms with van der Waals surface area (Å²) in [5, 5.41) is 13.6. The number of hydrogen-bond donors (Lipinski definition) is 2. The van der Waals surface area contributed by atoms with Crippen LogP contribution in [-0.2, 0) is 5.75 Å². The predicted octanol–water partition coefficient (Wildman–Crippen LogP) is 6.76. The second-order valence-electron chi connectivity index (χ2n) is 9.02. The monoisotopic (exact) mass is 575 g/mol. The number of nitriles is 1. The topological polar surface area (TPSA) is 102 Å². The molecule has 1 fully saturated rings. The largest absolute Gasteiger partial charge is 0.372 e. The summed E-state index contributed by atoms with van der Waals surface area (Å²) in [6, 6.07) is 21.9. The van der Waals surface area contributed by atoms with E-state index in [1.165, 1.54) is 17.8 Å². The molecule has 2 heterocycles. The Kier molecular flexibility index (Phi) is 8.22. The Morgan fingerprint density at radius 1 is 1.05 bits per heavy atom. The third kappa shape index (κ3) is 6.28. The Labute approximate surface area is 239 Å². The summed E-state index contributed by atoms with van der Waals surface area (Å²) in [4.78, 5) is 35.1. The van der Waals surface area contributed by atoms with E-state index in [2.05, 4.69) is 20.2 Å². The van der Waals surface area contributed by atoms with E-state index in [0.717, 1.165) is 42.7 Å². The molecule has 4 aromatic rings. The molecule has 1 aliphatic heterocycles. The van der Waals surface area contributed by atoms with Gasteiger partial charge in [0.15, 0.2) is 5.16 Å². The molecular weight excluding hydrogens is 553 g/mol. The van der Waals surface area contributed by atoms with Crippen LogP contribution >= 0.6 is 35.0 Å². The molecule has 0 bridgehead atoms. The number of nitrogens with one attached hydrogen (secondary N) is 2. The van der Waals surface area contributed by atoms with Crippen LogP contribution in [-0.4, -0.2) is 29.0 Å². The van der Waals surface area contributed by atoms with Gasteiger partial charge in [-0.3, -0.25) is 9.59 Å². The first-order valence-electron chi connectivity index (χ1n) is 12.3. The van der Waals surface area contributed by atoms with Gasteiger partial charge in [-0.15, -0.1) is 0 Å². The Hall–Kier alpha value is -3.77. The molecule has 5 rings (SSSR count). The van der Waals surface area contributed by atoms with Crippen molar-refractivity contribution in [3.63, 3.8) is 0 Å². The minimum absolute atomic E-state index is 0.00932. The van der Waals surface area contributed by atoms with Crippen LogP contribution in [0.25, 0.3) is 11.3 Å². The van der Waals surface area contributed by atoms with Crippen LogP contribution in [0.2, 0.25) is 10.0 Å². The zero-order valence-corrected chi connectivity index (χ0v) is 23.0. The van der Waals surface area contributed by atoms with Crippen LogP contribution in [0.5, 0.6) is 0 Å². The van der Waals surface area contributed by atoms with Gasteiger partial charge in [0.25, 0.3) is 11.5 Å². The average molecular weight is 577 g/mol. The summed E-state index contributed by atoms with van der Waals surface area (Å²) in [7, 11) is 0. The van der Waals surface area contributed by atoms with Crippen LogP contribution < -0.4 is 15.8 Å². The van der Waals surface area contributed by atoms with Crippen molar-refractivity contribution in [2.45, 2.75) is 23.8 Å². The highest BCUT2D eigenvalue weighted by Gasteiger charge is 2.17. The number of aromatic amines is 1. The molecule has 1 aromatic heterocycles. The molecule has 0 saturated carbocycles. The quantitative estimate of drug-likeness (QED) is 0.186. The smallest absolute Gasteiger partial charge is 0.270 e. The van der Waals surface area contributed by atoms with Gasteiger partial charge in [0.2, 0.25) is 0 Å². The minimum Gasteiger partial charge on any atom is -0.372 e. The molecule has 1 aliphatic rings. The van der Waals surface area contributed by atoms with Crippen molar-refractivity contribution < 1.29 is 4.79 Å². The van der Waals surface area contributed by atoms with E-state index in [0.29, 0.717) is 37.9 Å². The van der Waals surface area contributed by atoms with Gasteiger partial charge in [-0.2, -0.15) is 5.26 Å². The van der Waals surface area contributed by atoms with Crippen molar-refractivity contribution in [3.8, 4) is 17.3 Å². The van der Waals surface area contributed by atoms with Crippen LogP contribution in [0.1, 0.15) is 34.3 Å². The molecule has 39 heavy (non-hydrogen) atoms. The van der Waals surface area contributed by atoms with E-state index in [4.69, 9.17) is 23.2 Å². The molecule has 0 spiro atoms. The summed E-state index contributed by atoms with van der Waals surface area (Å²) in [6.07, 6.45) is 2.30. The molecule has 2 N–H and O–H groups in total. The van der Waals surface area contributed by atoms with Crippen molar-refractivity contribution in [1.82, 2.24) is 9.97 Å². The fraction of sp³-hybridized carbons (Fsp3) is 0.172. The van der Waals surface area contributed by atoms with E-state index in [9.17, 15) is 14.9 Å². The fourth-order valence-corrected chi connectivity index (χ4v) is 5.49. The van der Waals surface area contributed by atoms with Gasteiger partial charge < -0.3 is 15.2 Å². The first-order valence-corrected chi connectivity index (χ1v) is 14.0. The summed E-state index contributed by atoms with van der Waals surface area (Å²) < 4.78 is 0. The molecule has 0 radical (unpaired) electrons. The standard InChI is InChI=1S/C29H23Cl2N5O2S/c30-24-10-9-20(15-25(24)31)27(37)33-21-7-3-5-18(13-21)17-39-29-34-26(23(16-32)28(38)35-29)19-6-4-8-22(14-19)36-11-1-2-12-36/h3-10,13-15H,1-2,11-12,17H2,(H,33,37)(H,34,35,38). The number of thioether (sulfide) groups is 1. The highest BCUT2D eigenvalue weighted by Crippen LogP contribution is 2.29. The fourth-order valence-electron chi connectivity index (χ4n) is 4.39. The number of hydrogen-bond acceptors (Lipinski definition) is 6. The SMILES string of the molecule is N#Cc1c(-c2cccc(N3CCCC3)c2)nc(SCc2cccc(NC(=O)c3ccc(Cl)c(Cl)c3)c2)[nH]c1=O. The normalized spacial score (nSPS) is 12.8. The lowest BCUT2D eigenvalue weighted by molar-refractivity contribution is 0.102. The molecule has 0 unspecified atom stereocenters. The van der Waals surface area contributed by atoms with Crippen LogP contribution in [0, 0.1) is 11.3 Å². The molecule has 0 atom stereocenters. The summed E-state index contributed by atoms with van der Waals surface area (Å²) in [5.41, 5.74) is 3.60. The number of rotatable bonds is 7. The molecule has 7 nitrogen and oxygen atoms in total. The molecule has 196 valence electrons. The maximum absolute atomic E-state index is 12.8. The van der Waals surface area contributed by atoms with Gasteiger partial charge in [-0.25, -0.2) is 4.98 Å². The van der Waals surface area contributed by atoms with Crippen LogP contribution in [0.4, 0.5) is 11.4 Å². The maximum atomic E-state index is 12.8. The molecular formula is C29H23Cl2N5O2S. The number of carbonyl (C=O) groups excluding carboxylic acids is 1. The lowest BCUT2D eigenvalue weighted by Crippen LogP contribution is -2.18. The second kappa shape index (κ2) is 12.0. The highest BCUT2D eigenvalue weighted by molar-refractivity contribution is 7.98.